The van der Waals surface area contributed by atoms with E-state index in [1.165, 1.54) is 6.92 Å². The largest absolute Gasteiger partial charge is 0.417 e. The molecule has 64 valence electrons. The lowest BCUT2D eigenvalue weighted by Crippen LogP contribution is -2.19. The minimum Gasteiger partial charge on any atom is -0.359 e. The van der Waals surface area contributed by atoms with Crippen LogP contribution in [0.1, 0.15) is 13.3 Å². The maximum atomic E-state index is 11.7. The van der Waals surface area contributed by atoms with Crippen LogP contribution in [0.2, 0.25) is 0 Å². The summed E-state index contributed by atoms with van der Waals surface area (Å²) in [5.41, 5.74) is 0. The van der Waals surface area contributed by atoms with E-state index in [2.05, 4.69) is 4.74 Å². The van der Waals surface area contributed by atoms with E-state index in [-0.39, 0.29) is 12.2 Å². The van der Waals surface area contributed by atoms with Crippen molar-refractivity contribution in [3.05, 3.63) is 0 Å². The van der Waals surface area contributed by atoms with Gasteiger partial charge in [-0.1, -0.05) is 0 Å². The fourth-order valence-corrected chi connectivity index (χ4v) is 0.869. The van der Waals surface area contributed by atoms with Crippen LogP contribution in [-0.4, -0.2) is 24.2 Å². The van der Waals surface area contributed by atoms with Crippen molar-refractivity contribution < 1.29 is 22.7 Å². The van der Waals surface area contributed by atoms with Gasteiger partial charge in [0.15, 0.2) is 6.10 Å². The van der Waals surface area contributed by atoms with Gasteiger partial charge in [0.25, 0.3) is 0 Å². The Balaban J connectivity index is 2.32. The quantitative estimate of drug-likeness (QED) is 0.581. The lowest BCUT2D eigenvalue weighted by molar-refractivity contribution is -0.146. The number of carbonyl (C=O) groups excluding carboxylic acids is 1. The molecule has 1 rings (SSSR count). The Morgan fingerprint density at radius 1 is 1.55 bits per heavy atom. The molecule has 1 fully saturated rings. The van der Waals surface area contributed by atoms with Gasteiger partial charge in [-0.25, -0.2) is 0 Å². The van der Waals surface area contributed by atoms with Gasteiger partial charge >= 0.3 is 6.18 Å². The number of hydrogen-bond acceptors (Lipinski definition) is 2. The van der Waals surface area contributed by atoms with Crippen LogP contribution in [0, 0.1) is 0 Å². The van der Waals surface area contributed by atoms with Crippen molar-refractivity contribution in [1.82, 2.24) is 0 Å². The average molecular weight is 168 g/mol. The number of Topliss-reactive ketones (excluding diaryl/α,β-unsaturated/α-hetero) is 1. The minimum atomic E-state index is -4.31. The molecular formula is C6H7F3O2. The van der Waals surface area contributed by atoms with E-state index >= 15 is 0 Å². The third-order valence-electron chi connectivity index (χ3n) is 1.39. The van der Waals surface area contributed by atoms with Crippen LogP contribution in [0.5, 0.6) is 0 Å². The maximum Gasteiger partial charge on any atom is 0.417 e. The highest BCUT2D eigenvalue weighted by atomic mass is 19.4. The molecule has 0 aliphatic carbocycles. The zero-order valence-electron chi connectivity index (χ0n) is 5.81. The molecule has 11 heavy (non-hydrogen) atoms. The van der Waals surface area contributed by atoms with Gasteiger partial charge in [0.2, 0.25) is 0 Å². The van der Waals surface area contributed by atoms with Gasteiger partial charge in [0.1, 0.15) is 11.9 Å². The summed E-state index contributed by atoms with van der Waals surface area (Å²) in [4.78, 5) is 10.3. The van der Waals surface area contributed by atoms with Crippen LogP contribution < -0.4 is 0 Å². The number of ether oxygens (including phenoxy) is 1. The van der Waals surface area contributed by atoms with Crippen LogP contribution in [-0.2, 0) is 9.53 Å². The number of alkyl halides is 3. The van der Waals surface area contributed by atoms with Crippen molar-refractivity contribution in [2.75, 3.05) is 0 Å². The van der Waals surface area contributed by atoms with Crippen molar-refractivity contribution in [3.8, 4) is 0 Å². The van der Waals surface area contributed by atoms with Crippen molar-refractivity contribution in [2.45, 2.75) is 31.7 Å². The summed E-state index contributed by atoms with van der Waals surface area (Å²) < 4.78 is 39.4. The molecular weight excluding hydrogens is 161 g/mol. The molecule has 0 bridgehead atoms. The first-order chi connectivity index (χ1) is 4.91. The zero-order chi connectivity index (χ0) is 8.65. The summed E-state index contributed by atoms with van der Waals surface area (Å²) in [6, 6.07) is 0. The fourth-order valence-electron chi connectivity index (χ4n) is 0.869. The summed E-state index contributed by atoms with van der Waals surface area (Å²) in [6.45, 7) is 1.25. The highest BCUT2D eigenvalue weighted by molar-refractivity contribution is 5.76. The Labute approximate surface area is 61.3 Å². The van der Waals surface area contributed by atoms with Crippen LogP contribution in [0.3, 0.4) is 0 Å². The van der Waals surface area contributed by atoms with Crippen molar-refractivity contribution in [2.24, 2.45) is 0 Å². The first-order valence-corrected chi connectivity index (χ1v) is 3.13. The Bertz CT molecular complexity index is 175. The molecule has 0 radical (unpaired) electrons. The molecule has 1 saturated heterocycles. The van der Waals surface area contributed by atoms with E-state index in [0.29, 0.717) is 0 Å². The van der Waals surface area contributed by atoms with Gasteiger partial charge in [-0.3, -0.25) is 4.79 Å². The van der Waals surface area contributed by atoms with E-state index in [1.807, 2.05) is 0 Å². The molecule has 2 unspecified atom stereocenters. The normalized spacial score (nSPS) is 30.2. The minimum absolute atomic E-state index is 0.135. The summed E-state index contributed by atoms with van der Waals surface area (Å²) in [5, 5.41) is 0. The molecule has 5 heteroatoms. The monoisotopic (exact) mass is 168 g/mol. The lowest BCUT2D eigenvalue weighted by atomic mass is 10.2. The van der Waals surface area contributed by atoms with Crippen LogP contribution in [0.4, 0.5) is 13.2 Å². The van der Waals surface area contributed by atoms with Crippen LogP contribution >= 0.6 is 0 Å². The van der Waals surface area contributed by atoms with Crippen LogP contribution in [0.25, 0.3) is 0 Å². The van der Waals surface area contributed by atoms with Gasteiger partial charge in [0.05, 0.1) is 0 Å². The number of halogens is 3. The first-order valence-electron chi connectivity index (χ1n) is 3.13. The highest BCUT2D eigenvalue weighted by Gasteiger charge is 2.57. The number of epoxide rings is 1. The van der Waals surface area contributed by atoms with Gasteiger partial charge in [-0.05, 0) is 6.92 Å². The molecule has 2 atom stereocenters. The van der Waals surface area contributed by atoms with E-state index in [4.69, 9.17) is 0 Å². The standard InChI is InChI=1S/C6H7F3O2/c1-3(10)2-4-5(11-4)6(7,8)9/h4-5H,2H2,1H3. The molecule has 0 aromatic heterocycles. The Morgan fingerprint density at radius 3 is 2.36 bits per heavy atom. The van der Waals surface area contributed by atoms with E-state index in [9.17, 15) is 18.0 Å². The average Bonchev–Trinajstić information content (AvgIpc) is 2.40. The Hall–Kier alpha value is -0.580. The summed E-state index contributed by atoms with van der Waals surface area (Å²) in [5.74, 6) is -0.276. The fraction of sp³-hybridized carbons (Fsp3) is 0.833. The number of hydrogen-bond donors (Lipinski definition) is 0. The van der Waals surface area contributed by atoms with E-state index < -0.39 is 18.4 Å². The second-order valence-electron chi connectivity index (χ2n) is 2.54. The van der Waals surface area contributed by atoms with Gasteiger partial charge < -0.3 is 4.74 Å². The van der Waals surface area contributed by atoms with E-state index in [0.717, 1.165) is 0 Å². The summed E-state index contributed by atoms with van der Waals surface area (Å²) in [6.07, 6.45) is -7.07. The van der Waals surface area contributed by atoms with Crippen LogP contribution in [0.15, 0.2) is 0 Å². The second kappa shape index (κ2) is 2.48. The number of rotatable bonds is 2. The molecule has 0 spiro atoms. The third-order valence-corrected chi connectivity index (χ3v) is 1.39. The number of ketones is 1. The zero-order valence-corrected chi connectivity index (χ0v) is 5.81. The molecule has 0 aromatic rings. The molecule has 1 heterocycles. The SMILES string of the molecule is CC(=O)CC1OC1C(F)(F)F. The van der Waals surface area contributed by atoms with Gasteiger partial charge in [0, 0.05) is 6.42 Å². The van der Waals surface area contributed by atoms with Gasteiger partial charge in [-0.2, -0.15) is 13.2 Å². The predicted molar refractivity (Wildman–Crippen MR) is 30.0 cm³/mol. The molecule has 0 N–H and O–H groups in total. The van der Waals surface area contributed by atoms with Crippen molar-refractivity contribution in [1.29, 1.82) is 0 Å². The maximum absolute atomic E-state index is 11.7. The summed E-state index contributed by atoms with van der Waals surface area (Å²) in [7, 11) is 0. The molecule has 2 nitrogen and oxygen atoms in total. The molecule has 0 amide bonds. The highest BCUT2D eigenvalue weighted by Crippen LogP contribution is 2.39. The van der Waals surface area contributed by atoms with E-state index in [1.54, 1.807) is 0 Å². The predicted octanol–water partition coefficient (Wildman–Crippen LogP) is 1.30. The van der Waals surface area contributed by atoms with Gasteiger partial charge in [-0.15, -0.1) is 0 Å². The first kappa shape index (κ1) is 8.52. The number of carbonyl (C=O) groups is 1. The molecule has 0 saturated carbocycles. The summed E-state index contributed by atoms with van der Waals surface area (Å²) >= 11 is 0. The Kier molecular flexibility index (Phi) is 1.92. The second-order valence-corrected chi connectivity index (χ2v) is 2.54. The Morgan fingerprint density at radius 2 is 2.09 bits per heavy atom. The smallest absolute Gasteiger partial charge is 0.359 e. The topological polar surface area (TPSA) is 29.6 Å². The van der Waals surface area contributed by atoms with Crippen molar-refractivity contribution in [3.63, 3.8) is 0 Å². The molecule has 0 aromatic carbocycles. The molecule has 1 aliphatic heterocycles. The lowest BCUT2D eigenvalue weighted by Gasteiger charge is -1.98. The van der Waals surface area contributed by atoms with Crippen molar-refractivity contribution >= 4 is 5.78 Å². The third kappa shape index (κ3) is 2.18. The molecule has 1 aliphatic rings.